The van der Waals surface area contributed by atoms with Crippen molar-refractivity contribution in [2.24, 2.45) is 5.73 Å². The van der Waals surface area contributed by atoms with Gasteiger partial charge in [-0.15, -0.1) is 5.10 Å². The maximum absolute atomic E-state index is 5.66. The summed E-state index contributed by atoms with van der Waals surface area (Å²) in [4.78, 5) is 4.28. The van der Waals surface area contributed by atoms with E-state index >= 15 is 0 Å². The van der Waals surface area contributed by atoms with Gasteiger partial charge < -0.3 is 15.1 Å². The molecule has 2 heterocycles. The monoisotopic (exact) mass is 259 g/mol. The van der Waals surface area contributed by atoms with E-state index in [0.29, 0.717) is 24.9 Å². The highest BCUT2D eigenvalue weighted by Gasteiger charge is 2.24. The maximum atomic E-state index is 5.66. The van der Waals surface area contributed by atoms with Gasteiger partial charge in [-0.05, 0) is 12.1 Å². The summed E-state index contributed by atoms with van der Waals surface area (Å²) in [6.45, 7) is 2.27. The molecule has 1 aliphatic rings. The van der Waals surface area contributed by atoms with E-state index in [2.05, 4.69) is 39.2 Å². The summed E-state index contributed by atoms with van der Waals surface area (Å²) in [6, 6.07) is 8.76. The van der Waals surface area contributed by atoms with Gasteiger partial charge in [0.1, 0.15) is 0 Å². The zero-order valence-electron chi connectivity index (χ0n) is 10.9. The van der Waals surface area contributed by atoms with Gasteiger partial charge in [-0.25, -0.2) is 0 Å². The Labute approximate surface area is 111 Å². The normalized spacial score (nSPS) is 14.6. The number of likely N-dealkylation sites (N-methyl/N-ethyl adjacent to an activating group) is 1. The van der Waals surface area contributed by atoms with Gasteiger partial charge in [0.2, 0.25) is 5.89 Å². The van der Waals surface area contributed by atoms with Crippen molar-refractivity contribution in [2.75, 3.05) is 36.5 Å². The molecule has 0 saturated heterocycles. The predicted molar refractivity (Wildman–Crippen MR) is 73.8 cm³/mol. The van der Waals surface area contributed by atoms with Crippen LogP contribution in [0.5, 0.6) is 0 Å². The van der Waals surface area contributed by atoms with Crippen molar-refractivity contribution in [1.29, 1.82) is 0 Å². The van der Waals surface area contributed by atoms with E-state index in [4.69, 9.17) is 10.2 Å². The van der Waals surface area contributed by atoms with Gasteiger partial charge >= 0.3 is 6.01 Å². The smallest absolute Gasteiger partial charge is 0.322 e. The molecule has 0 atom stereocenters. The molecule has 0 bridgehead atoms. The van der Waals surface area contributed by atoms with Crippen LogP contribution in [-0.2, 0) is 6.42 Å². The van der Waals surface area contributed by atoms with Crippen molar-refractivity contribution >= 4 is 17.4 Å². The second-order valence-electron chi connectivity index (χ2n) is 4.58. The van der Waals surface area contributed by atoms with Crippen LogP contribution in [0.15, 0.2) is 28.7 Å². The molecule has 1 aromatic carbocycles. The topological polar surface area (TPSA) is 71.4 Å². The summed E-state index contributed by atoms with van der Waals surface area (Å²) in [5, 5.41) is 8.14. The van der Waals surface area contributed by atoms with Crippen LogP contribution in [0.25, 0.3) is 0 Å². The summed E-state index contributed by atoms with van der Waals surface area (Å²) in [7, 11) is 2.09. The van der Waals surface area contributed by atoms with Crippen LogP contribution < -0.4 is 15.5 Å². The van der Waals surface area contributed by atoms with Crippen molar-refractivity contribution in [1.82, 2.24) is 10.2 Å². The van der Waals surface area contributed by atoms with E-state index in [0.717, 1.165) is 18.8 Å². The number of rotatable bonds is 3. The minimum absolute atomic E-state index is 0.515. The lowest BCUT2D eigenvalue weighted by molar-refractivity contribution is 0.493. The molecule has 2 aromatic rings. The Morgan fingerprint density at radius 3 is 2.79 bits per heavy atom. The van der Waals surface area contributed by atoms with E-state index in [1.54, 1.807) is 0 Å². The molecule has 0 spiro atoms. The maximum Gasteiger partial charge on any atom is 0.322 e. The fourth-order valence-electron chi connectivity index (χ4n) is 2.28. The summed E-state index contributed by atoms with van der Waals surface area (Å²) >= 11 is 0. The second-order valence-corrected chi connectivity index (χ2v) is 4.58. The number of para-hydroxylation sites is 2. The van der Waals surface area contributed by atoms with Crippen LogP contribution in [0, 0.1) is 0 Å². The second kappa shape index (κ2) is 4.89. The number of benzene rings is 1. The highest BCUT2D eigenvalue weighted by Crippen LogP contribution is 2.35. The van der Waals surface area contributed by atoms with Crippen LogP contribution in [0.4, 0.5) is 17.4 Å². The quantitative estimate of drug-likeness (QED) is 0.891. The molecule has 0 saturated carbocycles. The SMILES string of the molecule is CN1CCN(c2nnc(CCN)o2)c2ccccc21. The lowest BCUT2D eigenvalue weighted by Crippen LogP contribution is -2.36. The Hall–Kier alpha value is -2.08. The van der Waals surface area contributed by atoms with E-state index in [-0.39, 0.29) is 0 Å². The highest BCUT2D eigenvalue weighted by atomic mass is 16.4. The Morgan fingerprint density at radius 2 is 2.00 bits per heavy atom. The summed E-state index contributed by atoms with van der Waals surface area (Å²) in [6.07, 6.45) is 0.613. The molecule has 1 aliphatic heterocycles. The Balaban J connectivity index is 1.95. The number of anilines is 3. The van der Waals surface area contributed by atoms with Crippen LogP contribution in [0.3, 0.4) is 0 Å². The molecule has 6 nitrogen and oxygen atoms in total. The van der Waals surface area contributed by atoms with Gasteiger partial charge in [-0.3, -0.25) is 4.90 Å². The third-order valence-electron chi connectivity index (χ3n) is 3.29. The molecule has 0 fully saturated rings. The van der Waals surface area contributed by atoms with Crippen LogP contribution in [-0.4, -0.2) is 36.9 Å². The first-order chi connectivity index (χ1) is 9.29. The molecule has 3 rings (SSSR count). The van der Waals surface area contributed by atoms with Crippen molar-refractivity contribution < 1.29 is 4.42 Å². The predicted octanol–water partition coefficient (Wildman–Crippen LogP) is 1.16. The van der Waals surface area contributed by atoms with Crippen LogP contribution >= 0.6 is 0 Å². The third-order valence-corrected chi connectivity index (χ3v) is 3.29. The molecular weight excluding hydrogens is 242 g/mol. The number of nitrogens with zero attached hydrogens (tertiary/aromatic N) is 4. The van der Waals surface area contributed by atoms with E-state index < -0.39 is 0 Å². The van der Waals surface area contributed by atoms with Crippen LogP contribution in [0.2, 0.25) is 0 Å². The Morgan fingerprint density at radius 1 is 1.21 bits per heavy atom. The van der Waals surface area contributed by atoms with Crippen molar-refractivity contribution in [3.05, 3.63) is 30.2 Å². The minimum atomic E-state index is 0.515. The summed E-state index contributed by atoms with van der Waals surface area (Å²) < 4.78 is 5.66. The van der Waals surface area contributed by atoms with Gasteiger partial charge in [0, 0.05) is 33.1 Å². The zero-order valence-corrected chi connectivity index (χ0v) is 10.9. The van der Waals surface area contributed by atoms with E-state index in [1.165, 1.54) is 5.69 Å². The first-order valence-electron chi connectivity index (χ1n) is 6.40. The van der Waals surface area contributed by atoms with Crippen LogP contribution in [0.1, 0.15) is 5.89 Å². The lowest BCUT2D eigenvalue weighted by atomic mass is 10.2. The molecule has 0 amide bonds. The molecule has 19 heavy (non-hydrogen) atoms. The van der Waals surface area contributed by atoms with E-state index in [1.807, 2.05) is 12.1 Å². The highest BCUT2D eigenvalue weighted by molar-refractivity contribution is 5.76. The van der Waals surface area contributed by atoms with Gasteiger partial charge in [-0.1, -0.05) is 17.2 Å². The standard InChI is InChI=1S/C13H17N5O/c1-17-8-9-18(11-5-3-2-4-10(11)17)13-16-15-12(19-13)6-7-14/h2-5H,6-9,14H2,1H3. The average Bonchev–Trinajstić information content (AvgIpc) is 2.88. The fraction of sp³-hybridized carbons (Fsp3) is 0.385. The van der Waals surface area contributed by atoms with Crippen molar-refractivity contribution in [3.8, 4) is 0 Å². The first kappa shape index (κ1) is 12.0. The third kappa shape index (κ3) is 2.15. The summed E-state index contributed by atoms with van der Waals surface area (Å²) in [5.41, 5.74) is 7.76. The van der Waals surface area contributed by atoms with Gasteiger partial charge in [0.15, 0.2) is 0 Å². The molecule has 2 N–H and O–H groups in total. The summed E-state index contributed by atoms with van der Waals surface area (Å²) in [5.74, 6) is 0.592. The zero-order chi connectivity index (χ0) is 13.2. The lowest BCUT2D eigenvalue weighted by Gasteiger charge is -2.34. The van der Waals surface area contributed by atoms with Crippen molar-refractivity contribution in [2.45, 2.75) is 6.42 Å². The minimum Gasteiger partial charge on any atom is -0.408 e. The molecule has 100 valence electrons. The molecule has 1 aromatic heterocycles. The molecule has 6 heteroatoms. The van der Waals surface area contributed by atoms with Gasteiger partial charge in [0.25, 0.3) is 0 Å². The first-order valence-corrected chi connectivity index (χ1v) is 6.40. The number of nitrogens with two attached hydrogens (primary N) is 1. The van der Waals surface area contributed by atoms with Crippen molar-refractivity contribution in [3.63, 3.8) is 0 Å². The Bertz CT molecular complexity index is 568. The Kier molecular flexibility index (Phi) is 3.08. The largest absolute Gasteiger partial charge is 0.408 e. The number of aromatic nitrogens is 2. The van der Waals surface area contributed by atoms with E-state index in [9.17, 15) is 0 Å². The molecule has 0 radical (unpaired) electrons. The number of fused-ring (bicyclic) bond motifs is 1. The number of hydrogen-bond donors (Lipinski definition) is 1. The molecule has 0 unspecified atom stereocenters. The number of hydrogen-bond acceptors (Lipinski definition) is 6. The average molecular weight is 259 g/mol. The molecular formula is C13H17N5O. The fourth-order valence-corrected chi connectivity index (χ4v) is 2.28. The van der Waals surface area contributed by atoms with Gasteiger partial charge in [0.05, 0.1) is 11.4 Å². The van der Waals surface area contributed by atoms with Gasteiger partial charge in [-0.2, -0.15) is 0 Å². The molecule has 0 aliphatic carbocycles.